The van der Waals surface area contributed by atoms with E-state index in [1.165, 1.54) is 36.9 Å². The summed E-state index contributed by atoms with van der Waals surface area (Å²) in [6.07, 6.45) is 4.47. The van der Waals surface area contributed by atoms with E-state index in [1.54, 1.807) is 24.4 Å². The number of halogens is 1. The van der Waals surface area contributed by atoms with Crippen molar-refractivity contribution in [1.29, 1.82) is 0 Å². The molecule has 37 heavy (non-hydrogen) atoms. The number of rotatable bonds is 8. The molecule has 0 bridgehead atoms. The van der Waals surface area contributed by atoms with Crippen LogP contribution in [0, 0.1) is 18.7 Å². The SMILES string of the molecule is COc1ncc(-c2ccc3ncc(OCC4COC4)c(=O)n3c2)cc1NS(=O)(=O)c1ccc(F)cc1C. The lowest BCUT2D eigenvalue weighted by Gasteiger charge is -2.25. The van der Waals surface area contributed by atoms with Crippen LogP contribution in [0.3, 0.4) is 0 Å². The first-order chi connectivity index (χ1) is 17.7. The van der Waals surface area contributed by atoms with E-state index in [2.05, 4.69) is 14.7 Å². The highest BCUT2D eigenvalue weighted by molar-refractivity contribution is 7.92. The van der Waals surface area contributed by atoms with E-state index in [0.29, 0.717) is 36.6 Å². The molecule has 0 saturated carbocycles. The molecule has 0 radical (unpaired) electrons. The second kappa shape index (κ2) is 9.79. The van der Waals surface area contributed by atoms with Crippen LogP contribution >= 0.6 is 0 Å². The molecule has 4 aromatic rings. The van der Waals surface area contributed by atoms with Gasteiger partial charge in [0.2, 0.25) is 11.6 Å². The molecule has 10 nitrogen and oxygen atoms in total. The molecule has 0 amide bonds. The Balaban J connectivity index is 1.49. The van der Waals surface area contributed by atoms with Crippen molar-refractivity contribution in [2.45, 2.75) is 11.8 Å². The lowest BCUT2D eigenvalue weighted by molar-refractivity contribution is -0.0510. The molecule has 5 rings (SSSR count). The van der Waals surface area contributed by atoms with Gasteiger partial charge in [0.05, 0.1) is 38.0 Å². The highest BCUT2D eigenvalue weighted by atomic mass is 32.2. The predicted octanol–water partition coefficient (Wildman–Crippen LogP) is 3.04. The maximum absolute atomic E-state index is 13.5. The number of aromatic nitrogens is 3. The zero-order valence-corrected chi connectivity index (χ0v) is 20.8. The van der Waals surface area contributed by atoms with E-state index in [-0.39, 0.29) is 39.3 Å². The van der Waals surface area contributed by atoms with Gasteiger partial charge in [-0.1, -0.05) is 0 Å². The van der Waals surface area contributed by atoms with Crippen molar-refractivity contribution < 1.29 is 27.0 Å². The van der Waals surface area contributed by atoms with Crippen molar-refractivity contribution in [1.82, 2.24) is 14.4 Å². The summed E-state index contributed by atoms with van der Waals surface area (Å²) in [5.74, 6) is -0.123. The summed E-state index contributed by atoms with van der Waals surface area (Å²) in [5, 5.41) is 0. The third-order valence-electron chi connectivity index (χ3n) is 5.90. The van der Waals surface area contributed by atoms with Crippen LogP contribution < -0.4 is 19.8 Å². The van der Waals surface area contributed by atoms with Crippen LogP contribution in [-0.4, -0.2) is 49.7 Å². The number of methoxy groups -OCH3 is 1. The predicted molar refractivity (Wildman–Crippen MR) is 133 cm³/mol. The molecule has 1 aliphatic rings. The molecule has 1 N–H and O–H groups in total. The number of sulfonamides is 1. The monoisotopic (exact) mass is 526 g/mol. The van der Waals surface area contributed by atoms with Crippen LogP contribution in [0.25, 0.3) is 16.8 Å². The van der Waals surface area contributed by atoms with Crippen LogP contribution in [0.1, 0.15) is 5.56 Å². The number of aryl methyl sites for hydroxylation is 1. The first kappa shape index (κ1) is 24.7. The van der Waals surface area contributed by atoms with Gasteiger partial charge in [-0.25, -0.2) is 22.8 Å². The summed E-state index contributed by atoms with van der Waals surface area (Å²) in [6, 6.07) is 8.34. The number of hydrogen-bond donors (Lipinski definition) is 1. The van der Waals surface area contributed by atoms with Gasteiger partial charge in [-0.2, -0.15) is 0 Å². The number of fused-ring (bicyclic) bond motifs is 1. The van der Waals surface area contributed by atoms with Crippen LogP contribution in [-0.2, 0) is 14.8 Å². The zero-order valence-electron chi connectivity index (χ0n) is 20.0. The van der Waals surface area contributed by atoms with E-state index < -0.39 is 15.8 Å². The Hall–Kier alpha value is -4.03. The normalized spacial score (nSPS) is 13.8. The average molecular weight is 527 g/mol. The lowest BCUT2D eigenvalue weighted by atomic mass is 10.1. The molecule has 1 fully saturated rings. The summed E-state index contributed by atoms with van der Waals surface area (Å²) in [7, 11) is -2.71. The Labute approximate surface area is 211 Å². The van der Waals surface area contributed by atoms with Gasteiger partial charge in [-0.05, 0) is 48.9 Å². The van der Waals surface area contributed by atoms with Crippen molar-refractivity contribution in [2.24, 2.45) is 5.92 Å². The number of pyridine rings is 2. The van der Waals surface area contributed by atoms with Crippen LogP contribution in [0.5, 0.6) is 11.6 Å². The summed E-state index contributed by atoms with van der Waals surface area (Å²) < 4.78 is 59.5. The van der Waals surface area contributed by atoms with Gasteiger partial charge in [0.1, 0.15) is 17.2 Å². The second-order valence-corrected chi connectivity index (χ2v) is 10.2. The highest BCUT2D eigenvalue weighted by Gasteiger charge is 2.22. The molecular formula is C25H23FN4O6S. The second-order valence-electron chi connectivity index (χ2n) is 8.58. The number of nitrogens with zero attached hydrogens (tertiary/aromatic N) is 3. The Morgan fingerprint density at radius 1 is 1.14 bits per heavy atom. The molecule has 0 unspecified atom stereocenters. The number of hydrogen-bond acceptors (Lipinski definition) is 8. The maximum atomic E-state index is 13.5. The van der Waals surface area contributed by atoms with E-state index in [9.17, 15) is 17.6 Å². The third-order valence-corrected chi connectivity index (χ3v) is 7.43. The van der Waals surface area contributed by atoms with Gasteiger partial charge < -0.3 is 14.2 Å². The van der Waals surface area contributed by atoms with Crippen LogP contribution in [0.2, 0.25) is 0 Å². The first-order valence-corrected chi connectivity index (χ1v) is 12.8. The minimum atomic E-state index is -4.08. The molecule has 1 aliphatic heterocycles. The number of nitrogens with one attached hydrogen (secondary N) is 1. The van der Waals surface area contributed by atoms with Crippen molar-refractivity contribution in [3.05, 3.63) is 76.7 Å². The molecule has 12 heteroatoms. The van der Waals surface area contributed by atoms with Gasteiger partial charge in [-0.15, -0.1) is 0 Å². The quantitative estimate of drug-likeness (QED) is 0.372. The summed E-state index contributed by atoms with van der Waals surface area (Å²) >= 11 is 0. The van der Waals surface area contributed by atoms with Crippen molar-refractivity contribution >= 4 is 21.4 Å². The number of ether oxygens (including phenoxy) is 3. The molecule has 0 spiro atoms. The number of benzene rings is 1. The van der Waals surface area contributed by atoms with Gasteiger partial charge in [0.15, 0.2) is 0 Å². The Morgan fingerprint density at radius 3 is 2.65 bits per heavy atom. The lowest BCUT2D eigenvalue weighted by Crippen LogP contribution is -2.33. The standard InChI is InChI=1S/C25H23FN4O6S/c1-15-7-19(26)4-5-22(15)37(32,33)29-20-8-18(9-28-24(20)34-2)17-3-6-23-27-10-21(25(31)30(23)11-17)36-14-16-12-35-13-16/h3-11,16,29H,12-14H2,1-2H3. The van der Waals surface area contributed by atoms with Crippen molar-refractivity contribution in [2.75, 3.05) is 31.7 Å². The van der Waals surface area contributed by atoms with Crippen LogP contribution in [0.15, 0.2) is 64.7 Å². The smallest absolute Gasteiger partial charge is 0.300 e. The van der Waals surface area contributed by atoms with Gasteiger partial charge >= 0.3 is 0 Å². The summed E-state index contributed by atoms with van der Waals surface area (Å²) in [5.41, 5.74) is 1.47. The molecule has 0 aliphatic carbocycles. The van der Waals surface area contributed by atoms with Crippen molar-refractivity contribution in [3.8, 4) is 22.8 Å². The van der Waals surface area contributed by atoms with Gasteiger partial charge in [-0.3, -0.25) is 13.9 Å². The topological polar surface area (TPSA) is 121 Å². The largest absolute Gasteiger partial charge is 0.486 e. The fraction of sp³-hybridized carbons (Fsp3) is 0.240. The van der Waals surface area contributed by atoms with Crippen molar-refractivity contribution in [3.63, 3.8) is 0 Å². The first-order valence-electron chi connectivity index (χ1n) is 11.3. The molecule has 1 aromatic carbocycles. The molecule has 3 aromatic heterocycles. The summed E-state index contributed by atoms with van der Waals surface area (Å²) in [4.78, 5) is 21.4. The Bertz CT molecular complexity index is 1650. The minimum absolute atomic E-state index is 0.0439. The van der Waals surface area contributed by atoms with Gasteiger partial charge in [0, 0.05) is 29.4 Å². The third kappa shape index (κ3) is 4.98. The fourth-order valence-corrected chi connectivity index (χ4v) is 5.15. The molecule has 1 saturated heterocycles. The molecule has 0 atom stereocenters. The van der Waals surface area contributed by atoms with E-state index >= 15 is 0 Å². The molecule has 192 valence electrons. The maximum Gasteiger partial charge on any atom is 0.300 e. The van der Waals surface area contributed by atoms with Crippen LogP contribution in [0.4, 0.5) is 10.1 Å². The van der Waals surface area contributed by atoms with Gasteiger partial charge in [0.25, 0.3) is 15.6 Å². The Morgan fingerprint density at radius 2 is 1.95 bits per heavy atom. The zero-order chi connectivity index (χ0) is 26.2. The van der Waals surface area contributed by atoms with E-state index in [0.717, 1.165) is 12.1 Å². The fourth-order valence-electron chi connectivity index (χ4n) is 3.88. The molecular weight excluding hydrogens is 503 g/mol. The Kier molecular flexibility index (Phi) is 6.52. The minimum Gasteiger partial charge on any atom is -0.486 e. The number of anilines is 1. The summed E-state index contributed by atoms with van der Waals surface area (Å²) in [6.45, 7) is 3.07. The molecule has 4 heterocycles. The average Bonchev–Trinajstić information content (AvgIpc) is 2.84. The highest BCUT2D eigenvalue weighted by Crippen LogP contribution is 2.31. The van der Waals surface area contributed by atoms with E-state index in [1.807, 2.05) is 0 Å². The van der Waals surface area contributed by atoms with E-state index in [4.69, 9.17) is 14.2 Å².